The SMILES string of the molecule is COc1c(-c2cccnc2)cccc1S(=O)(=O)N[C@@H](CNC(=O)c1ccc(Cl)s1)C(=O)N1CCN(C)CC1. The molecule has 38 heavy (non-hydrogen) atoms. The Balaban J connectivity index is 1.62. The van der Waals surface area contributed by atoms with Gasteiger partial charge in [0.05, 0.1) is 16.3 Å². The molecule has 3 aromatic rings. The summed E-state index contributed by atoms with van der Waals surface area (Å²) in [5.74, 6) is -0.752. The highest BCUT2D eigenvalue weighted by Gasteiger charge is 2.33. The van der Waals surface area contributed by atoms with Crippen molar-refractivity contribution in [3.8, 4) is 16.9 Å². The van der Waals surface area contributed by atoms with Crippen LogP contribution >= 0.6 is 22.9 Å². The van der Waals surface area contributed by atoms with E-state index in [1.54, 1.807) is 53.7 Å². The Morgan fingerprint density at radius 2 is 1.89 bits per heavy atom. The van der Waals surface area contributed by atoms with E-state index in [-0.39, 0.29) is 17.2 Å². The molecule has 2 amide bonds. The molecule has 1 aliphatic rings. The zero-order chi connectivity index (χ0) is 27.3. The number of hydrogen-bond acceptors (Lipinski definition) is 8. The summed E-state index contributed by atoms with van der Waals surface area (Å²) >= 11 is 7.03. The van der Waals surface area contributed by atoms with Crippen LogP contribution in [0.5, 0.6) is 5.75 Å². The Morgan fingerprint density at radius 1 is 1.13 bits per heavy atom. The van der Waals surface area contributed by atoms with Crippen molar-refractivity contribution in [2.45, 2.75) is 10.9 Å². The number of amides is 2. The van der Waals surface area contributed by atoms with Crippen LogP contribution in [0.1, 0.15) is 9.67 Å². The second-order valence-electron chi connectivity index (χ2n) is 8.69. The maximum atomic E-state index is 13.6. The fourth-order valence-electron chi connectivity index (χ4n) is 4.08. The maximum Gasteiger partial charge on any atom is 0.261 e. The third-order valence-corrected chi connectivity index (χ3v) is 8.84. The highest BCUT2D eigenvalue weighted by Crippen LogP contribution is 2.35. The highest BCUT2D eigenvalue weighted by molar-refractivity contribution is 7.89. The normalized spacial score (nSPS) is 15.2. The number of thiophene rings is 1. The van der Waals surface area contributed by atoms with Gasteiger partial charge in [-0.3, -0.25) is 14.6 Å². The lowest BCUT2D eigenvalue weighted by Crippen LogP contribution is -2.57. The molecule has 4 rings (SSSR count). The summed E-state index contributed by atoms with van der Waals surface area (Å²) in [6.45, 7) is 1.96. The van der Waals surface area contributed by atoms with Gasteiger partial charge < -0.3 is 19.9 Å². The summed E-state index contributed by atoms with van der Waals surface area (Å²) in [4.78, 5) is 34.1. The van der Waals surface area contributed by atoms with Crippen molar-refractivity contribution in [2.24, 2.45) is 0 Å². The lowest BCUT2D eigenvalue weighted by Gasteiger charge is -2.34. The lowest BCUT2D eigenvalue weighted by molar-refractivity contribution is -0.134. The number of likely N-dealkylation sites (N-methyl/N-ethyl adjacent to an activating group) is 1. The van der Waals surface area contributed by atoms with E-state index < -0.39 is 27.9 Å². The number of aromatic nitrogens is 1. The van der Waals surface area contributed by atoms with E-state index in [4.69, 9.17) is 16.3 Å². The van der Waals surface area contributed by atoms with Crippen LogP contribution in [0.3, 0.4) is 0 Å². The largest absolute Gasteiger partial charge is 0.495 e. The predicted octanol–water partition coefficient (Wildman–Crippen LogP) is 2.32. The number of carbonyl (C=O) groups excluding carboxylic acids is 2. The number of halogens is 1. The molecule has 3 heterocycles. The fraction of sp³-hybridized carbons (Fsp3) is 0.320. The van der Waals surface area contributed by atoms with Gasteiger partial charge in [0, 0.05) is 56.2 Å². The molecule has 1 aromatic carbocycles. The van der Waals surface area contributed by atoms with Gasteiger partial charge in [0.2, 0.25) is 15.9 Å². The molecule has 1 saturated heterocycles. The van der Waals surface area contributed by atoms with E-state index in [0.29, 0.717) is 46.5 Å². The summed E-state index contributed by atoms with van der Waals surface area (Å²) in [6.07, 6.45) is 3.22. The average molecular weight is 578 g/mol. The van der Waals surface area contributed by atoms with Crippen LogP contribution in [0.15, 0.2) is 59.8 Å². The quantitative estimate of drug-likeness (QED) is 0.400. The molecule has 13 heteroatoms. The smallest absolute Gasteiger partial charge is 0.261 e. The molecule has 0 spiro atoms. The third-order valence-electron chi connectivity index (χ3n) is 6.12. The zero-order valence-corrected chi connectivity index (χ0v) is 23.3. The van der Waals surface area contributed by atoms with Crippen molar-refractivity contribution in [2.75, 3.05) is 46.9 Å². The van der Waals surface area contributed by atoms with Gasteiger partial charge in [-0.25, -0.2) is 8.42 Å². The molecule has 0 aliphatic carbocycles. The van der Waals surface area contributed by atoms with Gasteiger partial charge in [-0.15, -0.1) is 11.3 Å². The highest BCUT2D eigenvalue weighted by atomic mass is 35.5. The number of rotatable bonds is 9. The first-order valence-electron chi connectivity index (χ1n) is 11.8. The number of ether oxygens (including phenoxy) is 1. The maximum absolute atomic E-state index is 13.6. The number of pyridine rings is 1. The topological polar surface area (TPSA) is 121 Å². The molecule has 0 unspecified atom stereocenters. The van der Waals surface area contributed by atoms with Gasteiger partial charge in [-0.1, -0.05) is 29.8 Å². The Morgan fingerprint density at radius 3 is 2.53 bits per heavy atom. The number of benzene rings is 1. The van der Waals surface area contributed by atoms with Gasteiger partial charge in [-0.2, -0.15) is 4.72 Å². The average Bonchev–Trinajstić information content (AvgIpc) is 3.37. The molecule has 1 atom stereocenters. The number of carbonyl (C=O) groups is 2. The van der Waals surface area contributed by atoms with Crippen LogP contribution in [0.2, 0.25) is 4.34 Å². The molecular formula is C25H28ClN5O5S2. The summed E-state index contributed by atoms with van der Waals surface area (Å²) in [6, 6.07) is 10.2. The van der Waals surface area contributed by atoms with Crippen LogP contribution in [0, 0.1) is 0 Å². The first-order chi connectivity index (χ1) is 18.2. The monoisotopic (exact) mass is 577 g/mol. The molecule has 0 saturated carbocycles. The minimum absolute atomic E-state index is 0.121. The third kappa shape index (κ3) is 6.51. The Labute approximate surface area is 230 Å². The summed E-state index contributed by atoms with van der Waals surface area (Å²) in [7, 11) is -0.922. The summed E-state index contributed by atoms with van der Waals surface area (Å²) in [5, 5.41) is 2.67. The van der Waals surface area contributed by atoms with E-state index in [2.05, 4.69) is 19.9 Å². The van der Waals surface area contributed by atoms with Gasteiger partial charge in [0.1, 0.15) is 16.7 Å². The standard InChI is InChI=1S/C25H28ClN5O5S2/c1-30-11-13-31(14-12-30)25(33)19(16-28-24(32)20-8-9-22(26)37-20)29-38(34,35)21-7-3-6-18(23(21)36-2)17-5-4-10-27-15-17/h3-10,15,19,29H,11-14,16H2,1-2H3,(H,28,32)/t19-/m0/s1. The van der Waals surface area contributed by atoms with Crippen LogP contribution in [0.4, 0.5) is 0 Å². The number of methoxy groups -OCH3 is 1. The number of nitrogens with zero attached hydrogens (tertiary/aromatic N) is 3. The van der Waals surface area contributed by atoms with Gasteiger partial charge >= 0.3 is 0 Å². The lowest BCUT2D eigenvalue weighted by atomic mass is 10.1. The van der Waals surface area contributed by atoms with Crippen LogP contribution in [-0.4, -0.2) is 87.9 Å². The number of piperazine rings is 1. The van der Waals surface area contributed by atoms with Crippen LogP contribution in [-0.2, 0) is 14.8 Å². The van der Waals surface area contributed by atoms with Crippen molar-refractivity contribution in [3.05, 3.63) is 64.1 Å². The number of nitrogens with one attached hydrogen (secondary N) is 2. The van der Waals surface area contributed by atoms with Gasteiger partial charge in [-0.05, 0) is 31.3 Å². The number of sulfonamides is 1. The van der Waals surface area contributed by atoms with Crippen LogP contribution < -0.4 is 14.8 Å². The molecule has 1 aliphatic heterocycles. The summed E-state index contributed by atoms with van der Waals surface area (Å²) in [5.41, 5.74) is 1.21. The van der Waals surface area contributed by atoms with Crippen molar-refractivity contribution < 1.29 is 22.7 Å². The Bertz CT molecular complexity index is 1390. The molecule has 2 aromatic heterocycles. The van der Waals surface area contributed by atoms with Gasteiger partial charge in [0.15, 0.2) is 0 Å². The van der Waals surface area contributed by atoms with Crippen molar-refractivity contribution in [1.82, 2.24) is 24.8 Å². The van der Waals surface area contributed by atoms with Crippen molar-refractivity contribution >= 4 is 44.8 Å². The molecule has 202 valence electrons. The van der Waals surface area contributed by atoms with E-state index >= 15 is 0 Å². The second-order valence-corrected chi connectivity index (χ2v) is 12.1. The second kappa shape index (κ2) is 12.2. The Kier molecular flexibility index (Phi) is 9.00. The zero-order valence-electron chi connectivity index (χ0n) is 20.9. The minimum Gasteiger partial charge on any atom is -0.495 e. The van der Waals surface area contributed by atoms with E-state index in [1.807, 2.05) is 7.05 Å². The van der Waals surface area contributed by atoms with E-state index in [0.717, 1.165) is 11.3 Å². The van der Waals surface area contributed by atoms with Crippen molar-refractivity contribution in [1.29, 1.82) is 0 Å². The van der Waals surface area contributed by atoms with Crippen molar-refractivity contribution in [3.63, 3.8) is 0 Å². The molecule has 10 nitrogen and oxygen atoms in total. The molecule has 2 N–H and O–H groups in total. The first kappa shape index (κ1) is 28.0. The fourth-order valence-corrected chi connectivity index (χ4v) is 6.42. The number of para-hydroxylation sites is 1. The molecule has 0 bridgehead atoms. The minimum atomic E-state index is -4.26. The van der Waals surface area contributed by atoms with E-state index in [1.165, 1.54) is 13.2 Å². The molecular weight excluding hydrogens is 550 g/mol. The number of hydrogen-bond donors (Lipinski definition) is 2. The molecule has 1 fully saturated rings. The summed E-state index contributed by atoms with van der Waals surface area (Å²) < 4.78 is 35.8. The first-order valence-corrected chi connectivity index (χ1v) is 14.5. The predicted molar refractivity (Wildman–Crippen MR) is 146 cm³/mol. The molecule has 0 radical (unpaired) electrons. The van der Waals surface area contributed by atoms with E-state index in [9.17, 15) is 18.0 Å². The Hall–Kier alpha value is -3.03. The van der Waals surface area contributed by atoms with Crippen LogP contribution in [0.25, 0.3) is 11.1 Å². The van der Waals surface area contributed by atoms with Gasteiger partial charge in [0.25, 0.3) is 5.91 Å².